The molecule has 0 fully saturated rings. The van der Waals surface area contributed by atoms with E-state index in [9.17, 15) is 24.9 Å². The van der Waals surface area contributed by atoms with Gasteiger partial charge in [-0.05, 0) is 74.6 Å². The first kappa shape index (κ1) is 36.0. The second-order valence-corrected chi connectivity index (χ2v) is 11.6. The predicted molar refractivity (Wildman–Crippen MR) is 175 cm³/mol. The Hall–Kier alpha value is -4.44. The van der Waals surface area contributed by atoms with E-state index in [1.165, 1.54) is 6.92 Å². The summed E-state index contributed by atoms with van der Waals surface area (Å²) >= 11 is 0. The highest BCUT2D eigenvalue weighted by atomic mass is 16.6. The molecule has 0 aliphatic carbocycles. The first-order valence-electron chi connectivity index (χ1n) is 15.0. The number of aryl methyl sites for hydroxylation is 3. The van der Waals surface area contributed by atoms with Gasteiger partial charge in [0.15, 0.2) is 12.1 Å². The first-order chi connectivity index (χ1) is 21.7. The number of carbonyl (C=O) groups excluding carboxylic acids is 2. The van der Waals surface area contributed by atoms with E-state index in [1.807, 2.05) is 63.2 Å². The summed E-state index contributed by atoms with van der Waals surface area (Å²) in [7, 11) is 0. The molecule has 0 spiro atoms. The number of Topliss-reactive ketones (excluding diaryl/α,β-unsaturated/α-hetero) is 1. The Morgan fingerprint density at radius 3 is 1.72 bits per heavy atom. The number of esters is 1. The number of aliphatic hydroxyl groups is 2. The van der Waals surface area contributed by atoms with Gasteiger partial charge >= 0.3 is 5.97 Å². The third-order valence-corrected chi connectivity index (χ3v) is 7.06. The molecule has 9 nitrogen and oxygen atoms in total. The van der Waals surface area contributed by atoms with Crippen LogP contribution in [0.1, 0.15) is 52.8 Å². The monoisotopic (exact) mass is 632 g/mol. The molecule has 0 aromatic heterocycles. The molecule has 0 aliphatic heterocycles. The quantitative estimate of drug-likeness (QED) is 0.104. The summed E-state index contributed by atoms with van der Waals surface area (Å²) < 4.78 is 22.0. The lowest BCUT2D eigenvalue weighted by molar-refractivity contribution is -0.142. The van der Waals surface area contributed by atoms with Gasteiger partial charge in [0.05, 0.1) is 0 Å². The van der Waals surface area contributed by atoms with Crippen LogP contribution in [0.3, 0.4) is 0 Å². The molecular weight excluding hydrogens is 588 g/mol. The smallest absolute Gasteiger partial charge is 0.333 e. The van der Waals surface area contributed by atoms with Crippen molar-refractivity contribution in [1.82, 2.24) is 0 Å². The highest BCUT2D eigenvalue weighted by Gasteiger charge is 2.17. The Morgan fingerprint density at radius 1 is 0.717 bits per heavy atom. The average Bonchev–Trinajstić information content (AvgIpc) is 2.99. The van der Waals surface area contributed by atoms with Crippen molar-refractivity contribution in [2.24, 2.45) is 0 Å². The first-order valence-corrected chi connectivity index (χ1v) is 15.0. The minimum absolute atomic E-state index is 0.0926. The van der Waals surface area contributed by atoms with Gasteiger partial charge in [-0.2, -0.15) is 0 Å². The molecule has 3 rings (SSSR count). The highest BCUT2D eigenvalue weighted by Crippen LogP contribution is 2.33. The normalized spacial score (nSPS) is 12.2. The van der Waals surface area contributed by atoms with E-state index in [4.69, 9.17) is 18.9 Å². The fourth-order valence-electron chi connectivity index (χ4n) is 4.62. The van der Waals surface area contributed by atoms with Crippen molar-refractivity contribution >= 4 is 11.8 Å². The van der Waals surface area contributed by atoms with Crippen molar-refractivity contribution in [3.63, 3.8) is 0 Å². The van der Waals surface area contributed by atoms with Gasteiger partial charge in [-0.25, -0.2) is 4.79 Å². The van der Waals surface area contributed by atoms with Gasteiger partial charge in [0.2, 0.25) is 0 Å². The number of aromatic hydroxyl groups is 1. The van der Waals surface area contributed by atoms with Gasteiger partial charge in [-0.1, -0.05) is 66.2 Å². The molecule has 0 bridgehead atoms. The fraction of sp³-hybridized carbons (Fsp3) is 0.351. The summed E-state index contributed by atoms with van der Waals surface area (Å²) in [5.74, 6) is 0.314. The lowest BCUT2D eigenvalue weighted by Crippen LogP contribution is -2.25. The molecule has 3 N–H and O–H groups in total. The van der Waals surface area contributed by atoms with Crippen LogP contribution in [0.4, 0.5) is 0 Å². The molecule has 0 amide bonds. The van der Waals surface area contributed by atoms with Crippen molar-refractivity contribution < 1.29 is 43.9 Å². The second-order valence-electron chi connectivity index (χ2n) is 11.6. The van der Waals surface area contributed by atoms with E-state index < -0.39 is 18.4 Å². The highest BCUT2D eigenvalue weighted by molar-refractivity contribution is 5.95. The number of rotatable bonds is 17. The maximum atomic E-state index is 11.7. The zero-order valence-electron chi connectivity index (χ0n) is 27.2. The number of benzene rings is 3. The van der Waals surface area contributed by atoms with Crippen molar-refractivity contribution in [2.45, 2.75) is 59.9 Å². The standard InChI is InChI=1S/C37H44O9/c1-22(2)32(39)20-45-35(40)21-44-34-11-9-25(6)13-28(34)17-30-15-26(7)14-29(36(30)41)16-27-12-24(5)8-10-33(27)43-18-31(38)19-46-37(42)23(3)4/h8-15,31,35,38,40-41H,1,3,16-21H2,2,4-7H3. The lowest BCUT2D eigenvalue weighted by atomic mass is 9.94. The minimum Gasteiger partial charge on any atom is -0.507 e. The lowest BCUT2D eigenvalue weighted by Gasteiger charge is -2.18. The predicted octanol–water partition coefficient (Wildman–Crippen LogP) is 5.22. The van der Waals surface area contributed by atoms with E-state index in [1.54, 1.807) is 13.0 Å². The summed E-state index contributed by atoms with van der Waals surface area (Å²) in [6.07, 6.45) is -1.63. The number of phenols is 1. The number of phenolic OH excluding ortho intramolecular Hbond substituents is 1. The summed E-state index contributed by atoms with van der Waals surface area (Å²) in [6.45, 7) is 15.3. The summed E-state index contributed by atoms with van der Waals surface area (Å²) in [5, 5.41) is 31.9. The topological polar surface area (TPSA) is 132 Å². The summed E-state index contributed by atoms with van der Waals surface area (Å²) in [6, 6.07) is 15.2. The number of hydrogen-bond acceptors (Lipinski definition) is 9. The third-order valence-electron chi connectivity index (χ3n) is 7.06. The van der Waals surface area contributed by atoms with Crippen molar-refractivity contribution in [3.05, 3.63) is 112 Å². The molecule has 0 heterocycles. The van der Waals surface area contributed by atoms with Crippen molar-refractivity contribution in [1.29, 1.82) is 0 Å². The van der Waals surface area contributed by atoms with Crippen LogP contribution in [0.2, 0.25) is 0 Å². The Labute approximate surface area is 270 Å². The minimum atomic E-state index is -1.31. The number of carbonyl (C=O) groups is 2. The Morgan fingerprint density at radius 2 is 1.22 bits per heavy atom. The molecule has 3 aromatic rings. The Bertz CT molecular complexity index is 1460. The van der Waals surface area contributed by atoms with Crippen LogP contribution in [0.5, 0.6) is 17.2 Å². The van der Waals surface area contributed by atoms with Crippen LogP contribution >= 0.6 is 0 Å². The summed E-state index contributed by atoms with van der Waals surface area (Å²) in [5.41, 5.74) is 6.55. The molecule has 0 radical (unpaired) electrons. The van der Waals surface area contributed by atoms with Gasteiger partial charge in [0, 0.05) is 18.4 Å². The largest absolute Gasteiger partial charge is 0.507 e. The van der Waals surface area contributed by atoms with E-state index in [0.717, 1.165) is 27.8 Å². The van der Waals surface area contributed by atoms with Crippen LogP contribution in [-0.2, 0) is 31.9 Å². The SMILES string of the molecule is C=C(C)C(=O)COC(O)COc1ccc(C)cc1Cc1cc(C)cc(Cc2cc(C)ccc2OCC(O)COC(=O)C(=C)C)c1O. The molecule has 9 heteroatoms. The Kier molecular flexibility index (Phi) is 13.1. The van der Waals surface area contributed by atoms with Crippen LogP contribution in [0, 0.1) is 20.8 Å². The number of ketones is 1. The maximum absolute atomic E-state index is 11.7. The third kappa shape index (κ3) is 10.9. The molecule has 3 aromatic carbocycles. The van der Waals surface area contributed by atoms with E-state index >= 15 is 0 Å². The number of ether oxygens (including phenoxy) is 4. The number of hydrogen-bond donors (Lipinski definition) is 3. The Balaban J connectivity index is 1.77. The number of aliphatic hydroxyl groups excluding tert-OH is 2. The average molecular weight is 633 g/mol. The van der Waals surface area contributed by atoms with Crippen LogP contribution in [0.15, 0.2) is 72.8 Å². The van der Waals surface area contributed by atoms with Gasteiger partial charge in [-0.15, -0.1) is 0 Å². The van der Waals surface area contributed by atoms with Crippen LogP contribution < -0.4 is 9.47 Å². The summed E-state index contributed by atoms with van der Waals surface area (Å²) in [4.78, 5) is 23.4. The van der Waals surface area contributed by atoms with Gasteiger partial charge in [-0.3, -0.25) is 4.79 Å². The van der Waals surface area contributed by atoms with Gasteiger partial charge < -0.3 is 34.3 Å². The zero-order valence-corrected chi connectivity index (χ0v) is 27.2. The van der Waals surface area contributed by atoms with Gasteiger partial charge in [0.25, 0.3) is 0 Å². The van der Waals surface area contributed by atoms with E-state index in [2.05, 4.69) is 13.2 Å². The van der Waals surface area contributed by atoms with Crippen LogP contribution in [0.25, 0.3) is 0 Å². The molecule has 2 unspecified atom stereocenters. The van der Waals surface area contributed by atoms with Crippen LogP contribution in [-0.4, -0.2) is 65.9 Å². The molecule has 46 heavy (non-hydrogen) atoms. The molecule has 246 valence electrons. The fourth-order valence-corrected chi connectivity index (χ4v) is 4.62. The molecule has 0 aliphatic rings. The molecular formula is C37H44O9. The maximum Gasteiger partial charge on any atom is 0.333 e. The zero-order chi connectivity index (χ0) is 34.0. The van der Waals surface area contributed by atoms with Crippen molar-refractivity contribution in [3.8, 4) is 17.2 Å². The molecule has 2 atom stereocenters. The van der Waals surface area contributed by atoms with E-state index in [-0.39, 0.29) is 43.5 Å². The van der Waals surface area contributed by atoms with Crippen molar-refractivity contribution in [2.75, 3.05) is 26.4 Å². The van der Waals surface area contributed by atoms with Gasteiger partial charge in [0.1, 0.15) is 49.8 Å². The molecule has 0 saturated heterocycles. The second kappa shape index (κ2) is 16.7. The van der Waals surface area contributed by atoms with E-state index in [0.29, 0.717) is 41.0 Å². The molecule has 0 saturated carbocycles.